The molecule has 0 saturated carbocycles. The molecule has 6 heteroatoms. The van der Waals surface area contributed by atoms with Crippen molar-refractivity contribution >= 4 is 40.5 Å². The van der Waals surface area contributed by atoms with Gasteiger partial charge in [-0.3, -0.25) is 0 Å². The lowest BCUT2D eigenvalue weighted by Crippen LogP contribution is -2.30. The number of fused-ring (bicyclic) bond motifs is 1. The van der Waals surface area contributed by atoms with Crippen molar-refractivity contribution in [2.45, 2.75) is 24.8 Å². The number of aromatic carboxylic acids is 1. The molecule has 3 aromatic carbocycles. The van der Waals surface area contributed by atoms with E-state index in [0.717, 1.165) is 38.9 Å². The van der Waals surface area contributed by atoms with Crippen molar-refractivity contribution in [1.82, 2.24) is 0 Å². The molecule has 0 aliphatic carbocycles. The van der Waals surface area contributed by atoms with Crippen LogP contribution in [0.4, 0.5) is 5.69 Å². The molecular formula is C24H22N2O2S2. The number of carbonyl (C=O) groups is 1. The SMILES string of the molecule is CCCSC1=NSc2ccccc2N1Cc1ccc(-c2ccccc2C(=O)O)cc1. The van der Waals surface area contributed by atoms with E-state index < -0.39 is 5.97 Å². The van der Waals surface area contributed by atoms with E-state index in [2.05, 4.69) is 42.2 Å². The van der Waals surface area contributed by atoms with Crippen LogP contribution in [-0.2, 0) is 6.54 Å². The molecule has 0 atom stereocenters. The van der Waals surface area contributed by atoms with Gasteiger partial charge in [0, 0.05) is 17.7 Å². The van der Waals surface area contributed by atoms with Crippen molar-refractivity contribution < 1.29 is 9.90 Å². The minimum Gasteiger partial charge on any atom is -0.478 e. The molecule has 4 nitrogen and oxygen atoms in total. The number of para-hydroxylation sites is 1. The smallest absolute Gasteiger partial charge is 0.336 e. The van der Waals surface area contributed by atoms with Crippen LogP contribution >= 0.6 is 23.7 Å². The van der Waals surface area contributed by atoms with Gasteiger partial charge in [0.1, 0.15) is 0 Å². The molecular weight excluding hydrogens is 412 g/mol. The van der Waals surface area contributed by atoms with Gasteiger partial charge < -0.3 is 10.0 Å². The Morgan fingerprint density at radius 2 is 1.77 bits per heavy atom. The molecule has 30 heavy (non-hydrogen) atoms. The third-order valence-corrected chi connectivity index (χ3v) is 6.91. The molecule has 1 aliphatic rings. The summed E-state index contributed by atoms with van der Waals surface area (Å²) in [5.41, 5.74) is 4.28. The second-order valence-electron chi connectivity index (χ2n) is 6.92. The predicted molar refractivity (Wildman–Crippen MR) is 128 cm³/mol. The zero-order chi connectivity index (χ0) is 20.9. The first-order chi connectivity index (χ1) is 14.7. The Morgan fingerprint density at radius 1 is 1.03 bits per heavy atom. The average molecular weight is 435 g/mol. The summed E-state index contributed by atoms with van der Waals surface area (Å²) >= 11 is 3.32. The van der Waals surface area contributed by atoms with Crippen LogP contribution in [0.25, 0.3) is 11.1 Å². The average Bonchev–Trinajstić information content (AvgIpc) is 2.79. The Labute approximate surface area is 185 Å². The van der Waals surface area contributed by atoms with Crippen molar-refractivity contribution in [2.24, 2.45) is 4.40 Å². The molecule has 152 valence electrons. The first-order valence-corrected chi connectivity index (χ1v) is 11.6. The highest BCUT2D eigenvalue weighted by Crippen LogP contribution is 2.39. The summed E-state index contributed by atoms with van der Waals surface area (Å²) in [7, 11) is 0. The van der Waals surface area contributed by atoms with Gasteiger partial charge in [-0.1, -0.05) is 73.3 Å². The van der Waals surface area contributed by atoms with Crippen LogP contribution in [0.1, 0.15) is 29.3 Å². The van der Waals surface area contributed by atoms with E-state index in [0.29, 0.717) is 12.1 Å². The maximum atomic E-state index is 11.5. The number of carboxylic acid groups (broad SMARTS) is 1. The summed E-state index contributed by atoms with van der Waals surface area (Å²) in [6.45, 7) is 2.89. The fourth-order valence-electron chi connectivity index (χ4n) is 3.34. The standard InChI is InChI=1S/C24H22N2O2S2/c1-2-15-29-24-25-30-22-10-6-5-9-21(22)26(24)16-17-11-13-18(14-12-17)19-7-3-4-8-20(19)23(27)28/h3-14H,2,15-16H2,1H3,(H,27,28). The number of anilines is 1. The van der Waals surface area contributed by atoms with E-state index in [9.17, 15) is 9.90 Å². The summed E-state index contributed by atoms with van der Waals surface area (Å²) < 4.78 is 4.74. The summed E-state index contributed by atoms with van der Waals surface area (Å²) in [5.74, 6) is 0.120. The van der Waals surface area contributed by atoms with Crippen molar-refractivity contribution in [1.29, 1.82) is 0 Å². The number of hydrogen-bond donors (Lipinski definition) is 1. The van der Waals surface area contributed by atoms with Gasteiger partial charge in [-0.25, -0.2) is 4.79 Å². The molecule has 0 radical (unpaired) electrons. The fourth-order valence-corrected chi connectivity index (χ4v) is 5.06. The molecule has 0 spiro atoms. The van der Waals surface area contributed by atoms with Crippen molar-refractivity contribution in [3.63, 3.8) is 0 Å². The van der Waals surface area contributed by atoms with Crippen molar-refractivity contribution in [3.05, 3.63) is 83.9 Å². The zero-order valence-corrected chi connectivity index (χ0v) is 18.2. The summed E-state index contributed by atoms with van der Waals surface area (Å²) in [6, 6.07) is 23.6. The van der Waals surface area contributed by atoms with Gasteiger partial charge in [0.05, 0.1) is 22.7 Å². The zero-order valence-electron chi connectivity index (χ0n) is 16.6. The van der Waals surface area contributed by atoms with E-state index in [4.69, 9.17) is 4.40 Å². The molecule has 0 fully saturated rings. The lowest BCUT2D eigenvalue weighted by atomic mass is 9.98. The number of carboxylic acids is 1. The Kier molecular flexibility index (Phi) is 6.45. The molecule has 3 aromatic rings. The largest absolute Gasteiger partial charge is 0.478 e. The van der Waals surface area contributed by atoms with Gasteiger partial charge in [-0.2, -0.15) is 4.40 Å². The number of thioether (sulfide) groups is 1. The van der Waals surface area contributed by atoms with Gasteiger partial charge >= 0.3 is 5.97 Å². The third kappa shape index (κ3) is 4.40. The first-order valence-electron chi connectivity index (χ1n) is 9.83. The lowest BCUT2D eigenvalue weighted by molar-refractivity contribution is 0.0697. The van der Waals surface area contributed by atoms with Gasteiger partial charge in [0.25, 0.3) is 0 Å². The molecule has 1 N–H and O–H groups in total. The molecule has 1 aliphatic heterocycles. The highest BCUT2D eigenvalue weighted by atomic mass is 32.2. The minimum absolute atomic E-state index is 0.317. The summed E-state index contributed by atoms with van der Waals surface area (Å²) in [5, 5.41) is 10.5. The number of nitrogens with zero attached hydrogens (tertiary/aromatic N) is 2. The molecule has 0 saturated heterocycles. The Balaban J connectivity index is 1.61. The van der Waals surface area contributed by atoms with Crippen molar-refractivity contribution in [3.8, 4) is 11.1 Å². The topological polar surface area (TPSA) is 52.9 Å². The van der Waals surface area contributed by atoms with Gasteiger partial charge in [-0.15, -0.1) is 0 Å². The summed E-state index contributed by atoms with van der Waals surface area (Å²) in [4.78, 5) is 15.0. The van der Waals surface area contributed by atoms with E-state index in [-0.39, 0.29) is 0 Å². The molecule has 0 unspecified atom stereocenters. The van der Waals surface area contributed by atoms with Crippen LogP contribution in [0.5, 0.6) is 0 Å². The van der Waals surface area contributed by atoms with E-state index >= 15 is 0 Å². The first kappa shape index (κ1) is 20.6. The Hall–Kier alpha value is -2.70. The highest BCUT2D eigenvalue weighted by Gasteiger charge is 2.22. The Morgan fingerprint density at radius 3 is 2.53 bits per heavy atom. The van der Waals surface area contributed by atoms with Crippen LogP contribution in [0.15, 0.2) is 82.1 Å². The van der Waals surface area contributed by atoms with Crippen LogP contribution in [0.3, 0.4) is 0 Å². The molecule has 0 aromatic heterocycles. The van der Waals surface area contributed by atoms with Crippen LogP contribution in [0, 0.1) is 0 Å². The van der Waals surface area contributed by atoms with Gasteiger partial charge in [0.15, 0.2) is 5.17 Å². The number of hydrogen-bond acceptors (Lipinski definition) is 5. The lowest BCUT2D eigenvalue weighted by Gasteiger charge is -2.30. The maximum absolute atomic E-state index is 11.5. The predicted octanol–water partition coefficient (Wildman–Crippen LogP) is 6.58. The van der Waals surface area contributed by atoms with E-state index in [1.165, 1.54) is 17.6 Å². The van der Waals surface area contributed by atoms with E-state index in [1.54, 1.807) is 23.9 Å². The van der Waals surface area contributed by atoms with Crippen LogP contribution < -0.4 is 4.90 Å². The van der Waals surface area contributed by atoms with Gasteiger partial charge in [-0.05, 0) is 41.3 Å². The third-order valence-electron chi connectivity index (χ3n) is 4.81. The molecule has 0 bridgehead atoms. The maximum Gasteiger partial charge on any atom is 0.336 e. The molecule has 0 amide bonds. The quantitative estimate of drug-likeness (QED) is 0.444. The molecule has 1 heterocycles. The van der Waals surface area contributed by atoms with Gasteiger partial charge in [0.2, 0.25) is 0 Å². The number of amidine groups is 1. The second kappa shape index (κ2) is 9.41. The highest BCUT2D eigenvalue weighted by molar-refractivity contribution is 8.15. The fraction of sp³-hybridized carbons (Fsp3) is 0.167. The van der Waals surface area contributed by atoms with Crippen LogP contribution in [-0.4, -0.2) is 22.0 Å². The Bertz CT molecular complexity index is 1080. The van der Waals surface area contributed by atoms with E-state index in [1.807, 2.05) is 30.3 Å². The monoisotopic (exact) mass is 434 g/mol. The van der Waals surface area contributed by atoms with Crippen LogP contribution in [0.2, 0.25) is 0 Å². The summed E-state index contributed by atoms with van der Waals surface area (Å²) in [6.07, 6.45) is 1.10. The number of benzene rings is 3. The second-order valence-corrected chi connectivity index (χ2v) is 8.78. The van der Waals surface area contributed by atoms with Crippen molar-refractivity contribution in [2.75, 3.05) is 10.7 Å². The molecule has 4 rings (SSSR count). The number of rotatable bonds is 6. The minimum atomic E-state index is -0.911. The normalized spacial score (nSPS) is 13.0.